The lowest BCUT2D eigenvalue weighted by molar-refractivity contribution is 0.0712. The highest BCUT2D eigenvalue weighted by atomic mass is 35.5. The molecule has 2 aliphatic rings. The molecule has 0 N–H and O–H groups in total. The van der Waals surface area contributed by atoms with Gasteiger partial charge >= 0.3 is 0 Å². The quantitative estimate of drug-likeness (QED) is 0.626. The Morgan fingerprint density at radius 1 is 1.29 bits per heavy atom. The van der Waals surface area contributed by atoms with E-state index in [1.165, 1.54) is 36.8 Å². The van der Waals surface area contributed by atoms with Crippen molar-refractivity contribution in [3.8, 4) is 5.75 Å². The topological polar surface area (TPSA) is 9.23 Å². The summed E-state index contributed by atoms with van der Waals surface area (Å²) >= 11 is 6.49. The van der Waals surface area contributed by atoms with Gasteiger partial charge in [-0.25, -0.2) is 0 Å². The Hall–Kier alpha value is -0.690. The molecule has 0 radical (unpaired) electrons. The van der Waals surface area contributed by atoms with Crippen LogP contribution in [-0.4, -0.2) is 11.0 Å². The third-order valence-electron chi connectivity index (χ3n) is 4.09. The maximum Gasteiger partial charge on any atom is 0.123 e. The number of aryl methyl sites for hydroxylation is 1. The molecule has 1 aromatic rings. The molecule has 1 aliphatic carbocycles. The predicted molar refractivity (Wildman–Crippen MR) is 71.0 cm³/mol. The molecule has 0 saturated heterocycles. The molecule has 1 nitrogen and oxygen atoms in total. The van der Waals surface area contributed by atoms with Crippen molar-refractivity contribution in [2.45, 2.75) is 56.4 Å². The van der Waals surface area contributed by atoms with Crippen LogP contribution in [0.4, 0.5) is 0 Å². The third-order valence-corrected chi connectivity index (χ3v) is 4.40. The fraction of sp³-hybridized carbons (Fsp3) is 0.600. The van der Waals surface area contributed by atoms with Crippen molar-refractivity contribution in [1.82, 2.24) is 0 Å². The summed E-state index contributed by atoms with van der Waals surface area (Å²) in [6.45, 7) is 2.12. The van der Waals surface area contributed by atoms with Gasteiger partial charge in [0, 0.05) is 11.8 Å². The summed E-state index contributed by atoms with van der Waals surface area (Å²) in [4.78, 5) is 0. The standard InChI is InChI=1S/C15H19ClO/c1-11-4-5-14-12(8-11)9-13(16)10-15(17-14)6-2-3-7-15/h4-5,8,13H,2-3,6-7,9-10H2,1H3. The second-order valence-corrected chi connectivity index (χ2v) is 6.23. The van der Waals surface area contributed by atoms with E-state index in [9.17, 15) is 0 Å². The van der Waals surface area contributed by atoms with Gasteiger partial charge < -0.3 is 4.74 Å². The van der Waals surface area contributed by atoms with E-state index in [4.69, 9.17) is 16.3 Å². The molecule has 17 heavy (non-hydrogen) atoms. The minimum absolute atomic E-state index is 0.0346. The van der Waals surface area contributed by atoms with Crippen LogP contribution < -0.4 is 4.74 Å². The molecule has 2 heteroatoms. The summed E-state index contributed by atoms with van der Waals surface area (Å²) in [5, 5.41) is 0.219. The van der Waals surface area contributed by atoms with Gasteiger partial charge in [0.2, 0.25) is 0 Å². The zero-order valence-electron chi connectivity index (χ0n) is 10.3. The van der Waals surface area contributed by atoms with Crippen molar-refractivity contribution in [1.29, 1.82) is 0 Å². The molecule has 1 saturated carbocycles. The van der Waals surface area contributed by atoms with Crippen LogP contribution in [0.3, 0.4) is 0 Å². The molecule has 92 valence electrons. The SMILES string of the molecule is Cc1ccc2c(c1)CC(Cl)CC1(CCCC1)O2. The van der Waals surface area contributed by atoms with Gasteiger partial charge in [0.25, 0.3) is 0 Å². The van der Waals surface area contributed by atoms with Crippen LogP contribution in [0.1, 0.15) is 43.2 Å². The Morgan fingerprint density at radius 2 is 2.06 bits per heavy atom. The van der Waals surface area contributed by atoms with Gasteiger partial charge in [-0.05, 0) is 50.7 Å². The van der Waals surface area contributed by atoms with Crippen LogP contribution in [0, 0.1) is 6.92 Å². The highest BCUT2D eigenvalue weighted by Gasteiger charge is 2.40. The van der Waals surface area contributed by atoms with E-state index in [0.717, 1.165) is 18.6 Å². The Kier molecular flexibility index (Phi) is 2.82. The summed E-state index contributed by atoms with van der Waals surface area (Å²) in [5.41, 5.74) is 2.61. The molecule has 1 unspecified atom stereocenters. The van der Waals surface area contributed by atoms with E-state index in [-0.39, 0.29) is 11.0 Å². The zero-order chi connectivity index (χ0) is 11.9. The van der Waals surface area contributed by atoms with Gasteiger partial charge in [-0.15, -0.1) is 11.6 Å². The molecule has 1 heterocycles. The van der Waals surface area contributed by atoms with Gasteiger partial charge in [-0.3, -0.25) is 0 Å². The van der Waals surface area contributed by atoms with E-state index >= 15 is 0 Å². The normalized spacial score (nSPS) is 26.4. The van der Waals surface area contributed by atoms with Crippen LogP contribution in [0.15, 0.2) is 18.2 Å². The highest BCUT2D eigenvalue weighted by molar-refractivity contribution is 6.20. The molecule has 1 aromatic carbocycles. The number of rotatable bonds is 0. The van der Waals surface area contributed by atoms with Gasteiger partial charge in [-0.1, -0.05) is 17.7 Å². The summed E-state index contributed by atoms with van der Waals surface area (Å²) in [6, 6.07) is 6.48. The fourth-order valence-corrected chi connectivity index (χ4v) is 3.73. The number of hydrogen-bond acceptors (Lipinski definition) is 1. The van der Waals surface area contributed by atoms with Crippen LogP contribution in [0.2, 0.25) is 0 Å². The Bertz CT molecular complexity index is 421. The minimum Gasteiger partial charge on any atom is -0.487 e. The minimum atomic E-state index is 0.0346. The number of fused-ring (bicyclic) bond motifs is 1. The van der Waals surface area contributed by atoms with Crippen LogP contribution in [-0.2, 0) is 6.42 Å². The van der Waals surface area contributed by atoms with Crippen molar-refractivity contribution in [3.63, 3.8) is 0 Å². The molecule has 0 amide bonds. The van der Waals surface area contributed by atoms with Crippen LogP contribution >= 0.6 is 11.6 Å². The summed E-state index contributed by atoms with van der Waals surface area (Å²) < 4.78 is 6.35. The highest BCUT2D eigenvalue weighted by Crippen LogP contribution is 2.43. The first-order valence-corrected chi connectivity index (χ1v) is 7.03. The third kappa shape index (κ3) is 2.18. The lowest BCUT2D eigenvalue weighted by Crippen LogP contribution is -2.34. The van der Waals surface area contributed by atoms with E-state index in [1.807, 2.05) is 0 Å². The first kappa shape index (κ1) is 11.4. The largest absolute Gasteiger partial charge is 0.487 e. The van der Waals surface area contributed by atoms with E-state index in [2.05, 4.69) is 25.1 Å². The molecule has 1 fully saturated rings. The number of hydrogen-bond donors (Lipinski definition) is 0. The van der Waals surface area contributed by atoms with Gasteiger partial charge in [0.15, 0.2) is 0 Å². The second-order valence-electron chi connectivity index (χ2n) is 5.61. The Balaban J connectivity index is 1.98. The van der Waals surface area contributed by atoms with E-state index < -0.39 is 0 Å². The van der Waals surface area contributed by atoms with Gasteiger partial charge in [0.1, 0.15) is 11.4 Å². The van der Waals surface area contributed by atoms with Gasteiger partial charge in [0.05, 0.1) is 0 Å². The molecule has 0 bridgehead atoms. The number of benzene rings is 1. The molecule has 1 atom stereocenters. The summed E-state index contributed by atoms with van der Waals surface area (Å²) in [7, 11) is 0. The Morgan fingerprint density at radius 3 is 2.82 bits per heavy atom. The molecule has 0 aromatic heterocycles. The number of halogens is 1. The monoisotopic (exact) mass is 250 g/mol. The van der Waals surface area contributed by atoms with Crippen molar-refractivity contribution in [3.05, 3.63) is 29.3 Å². The van der Waals surface area contributed by atoms with Crippen molar-refractivity contribution in [2.24, 2.45) is 0 Å². The van der Waals surface area contributed by atoms with E-state index in [1.54, 1.807) is 0 Å². The second kappa shape index (κ2) is 4.20. The van der Waals surface area contributed by atoms with Crippen LogP contribution in [0.25, 0.3) is 0 Å². The average molecular weight is 251 g/mol. The molecule has 3 rings (SSSR count). The predicted octanol–water partition coefficient (Wildman–Crippen LogP) is 4.24. The molecular formula is C15H19ClO. The first-order chi connectivity index (χ1) is 8.17. The maximum absolute atomic E-state index is 6.49. The van der Waals surface area contributed by atoms with Crippen molar-refractivity contribution < 1.29 is 4.74 Å². The lowest BCUT2D eigenvalue weighted by atomic mass is 9.94. The zero-order valence-corrected chi connectivity index (χ0v) is 11.1. The molecular weight excluding hydrogens is 232 g/mol. The van der Waals surface area contributed by atoms with Crippen molar-refractivity contribution in [2.75, 3.05) is 0 Å². The molecule has 1 aliphatic heterocycles. The summed E-state index contributed by atoms with van der Waals surface area (Å²) in [6.07, 6.45) is 6.85. The number of ether oxygens (including phenoxy) is 1. The van der Waals surface area contributed by atoms with Crippen LogP contribution in [0.5, 0.6) is 5.75 Å². The first-order valence-electron chi connectivity index (χ1n) is 6.60. The number of alkyl halides is 1. The fourth-order valence-electron chi connectivity index (χ4n) is 3.28. The van der Waals surface area contributed by atoms with E-state index in [0.29, 0.717) is 0 Å². The van der Waals surface area contributed by atoms with Gasteiger partial charge in [-0.2, -0.15) is 0 Å². The van der Waals surface area contributed by atoms with Crippen molar-refractivity contribution >= 4 is 11.6 Å². The Labute approximate surface area is 108 Å². The maximum atomic E-state index is 6.49. The summed E-state index contributed by atoms with van der Waals surface area (Å²) in [5.74, 6) is 1.07. The molecule has 1 spiro atoms. The lowest BCUT2D eigenvalue weighted by Gasteiger charge is -2.29. The average Bonchev–Trinajstić information content (AvgIpc) is 2.64. The smallest absolute Gasteiger partial charge is 0.123 e.